The van der Waals surface area contributed by atoms with Gasteiger partial charge < -0.3 is 11.1 Å². The predicted octanol–water partition coefficient (Wildman–Crippen LogP) is 1.94. The minimum absolute atomic E-state index is 0.0626. The van der Waals surface area contributed by atoms with Crippen molar-refractivity contribution < 1.29 is 4.79 Å². The highest BCUT2D eigenvalue weighted by atomic mass is 16.1. The first-order valence-corrected chi connectivity index (χ1v) is 6.91. The van der Waals surface area contributed by atoms with Crippen LogP contribution < -0.4 is 11.1 Å². The summed E-state index contributed by atoms with van der Waals surface area (Å²) in [5.41, 5.74) is 7.08. The highest BCUT2D eigenvalue weighted by Crippen LogP contribution is 2.19. The van der Waals surface area contributed by atoms with Crippen LogP contribution in [0.4, 0.5) is 5.69 Å². The summed E-state index contributed by atoms with van der Waals surface area (Å²) >= 11 is 0. The maximum atomic E-state index is 12.0. The van der Waals surface area contributed by atoms with Gasteiger partial charge >= 0.3 is 0 Å². The van der Waals surface area contributed by atoms with Crippen molar-refractivity contribution in [1.82, 2.24) is 14.8 Å². The molecule has 0 aliphatic rings. The lowest BCUT2D eigenvalue weighted by Crippen LogP contribution is -2.28. The highest BCUT2D eigenvalue weighted by Gasteiger charge is 2.15. The fourth-order valence-electron chi connectivity index (χ4n) is 2.09. The van der Waals surface area contributed by atoms with Gasteiger partial charge in [-0.15, -0.1) is 0 Å². The molecule has 108 valence electrons. The van der Waals surface area contributed by atoms with Crippen molar-refractivity contribution in [1.29, 1.82) is 0 Å². The first-order chi connectivity index (χ1) is 9.56. The van der Waals surface area contributed by atoms with E-state index in [2.05, 4.69) is 29.2 Å². The molecule has 3 N–H and O–H groups in total. The third-order valence-corrected chi connectivity index (χ3v) is 3.34. The number of anilines is 1. The molecular formula is C14H21N5O. The largest absolute Gasteiger partial charge is 0.330 e. The van der Waals surface area contributed by atoms with E-state index in [1.807, 2.05) is 17.7 Å². The molecule has 2 aromatic rings. The lowest BCUT2D eigenvalue weighted by molar-refractivity contribution is -0.119. The van der Waals surface area contributed by atoms with Gasteiger partial charge in [-0.05, 0) is 26.3 Å². The van der Waals surface area contributed by atoms with E-state index < -0.39 is 0 Å². The molecule has 0 bridgehead atoms. The van der Waals surface area contributed by atoms with Crippen LogP contribution in [0.3, 0.4) is 0 Å². The van der Waals surface area contributed by atoms with Crippen LogP contribution in [0.2, 0.25) is 0 Å². The highest BCUT2D eigenvalue weighted by molar-refractivity contribution is 5.94. The van der Waals surface area contributed by atoms with Gasteiger partial charge in [0.1, 0.15) is 0 Å². The molecule has 0 aliphatic heterocycles. The predicted molar refractivity (Wildman–Crippen MR) is 79.4 cm³/mol. The second-order valence-electron chi connectivity index (χ2n) is 5.15. The standard InChI is InChI=1S/C14H21N5O/c1-4-10(6-15)14(20)18-12-5-11-7-17-19(9(2)3)13(11)16-8-12/h5,7-10H,4,6,15H2,1-3H3,(H,18,20). The molecule has 6 nitrogen and oxygen atoms in total. The van der Waals surface area contributed by atoms with Crippen LogP contribution in [0.5, 0.6) is 0 Å². The van der Waals surface area contributed by atoms with E-state index in [0.717, 1.165) is 17.5 Å². The average Bonchev–Trinajstić information content (AvgIpc) is 2.83. The summed E-state index contributed by atoms with van der Waals surface area (Å²) < 4.78 is 1.86. The van der Waals surface area contributed by atoms with E-state index in [1.165, 1.54) is 0 Å². The fraction of sp³-hybridized carbons (Fsp3) is 0.500. The number of carbonyl (C=O) groups excluding carboxylic acids is 1. The number of pyridine rings is 1. The second-order valence-corrected chi connectivity index (χ2v) is 5.15. The van der Waals surface area contributed by atoms with E-state index in [-0.39, 0.29) is 17.9 Å². The molecule has 0 aromatic carbocycles. The summed E-state index contributed by atoms with van der Waals surface area (Å²) in [6.45, 7) is 6.41. The fourth-order valence-corrected chi connectivity index (χ4v) is 2.09. The van der Waals surface area contributed by atoms with Crippen molar-refractivity contribution in [3.8, 4) is 0 Å². The molecule has 0 fully saturated rings. The Morgan fingerprint density at radius 2 is 2.20 bits per heavy atom. The summed E-state index contributed by atoms with van der Waals surface area (Å²) in [7, 11) is 0. The summed E-state index contributed by atoms with van der Waals surface area (Å²) in [6, 6.07) is 2.14. The monoisotopic (exact) mass is 275 g/mol. The van der Waals surface area contributed by atoms with Crippen LogP contribution in [-0.2, 0) is 4.79 Å². The van der Waals surface area contributed by atoms with Gasteiger partial charge in [-0.2, -0.15) is 5.10 Å². The first-order valence-electron chi connectivity index (χ1n) is 6.91. The van der Waals surface area contributed by atoms with Gasteiger partial charge in [-0.3, -0.25) is 4.79 Å². The minimum atomic E-state index is -0.163. The van der Waals surface area contributed by atoms with Crippen molar-refractivity contribution in [2.24, 2.45) is 11.7 Å². The summed E-state index contributed by atoms with van der Waals surface area (Å²) in [4.78, 5) is 16.4. The Morgan fingerprint density at radius 1 is 1.45 bits per heavy atom. The van der Waals surface area contributed by atoms with E-state index >= 15 is 0 Å². The molecule has 0 saturated heterocycles. The number of nitrogens with one attached hydrogen (secondary N) is 1. The number of fused-ring (bicyclic) bond motifs is 1. The number of nitrogens with zero attached hydrogens (tertiary/aromatic N) is 3. The lowest BCUT2D eigenvalue weighted by Gasteiger charge is -2.12. The van der Waals surface area contributed by atoms with Gasteiger partial charge in [0.15, 0.2) is 5.65 Å². The summed E-state index contributed by atoms with van der Waals surface area (Å²) in [6.07, 6.45) is 4.14. The number of nitrogens with two attached hydrogens (primary N) is 1. The Morgan fingerprint density at radius 3 is 2.80 bits per heavy atom. The zero-order chi connectivity index (χ0) is 14.7. The Balaban J connectivity index is 2.22. The summed E-state index contributed by atoms with van der Waals surface area (Å²) in [5, 5.41) is 8.07. The van der Waals surface area contributed by atoms with Gasteiger partial charge in [0.05, 0.1) is 24.0 Å². The SMILES string of the molecule is CCC(CN)C(=O)Nc1cnc2c(cnn2C(C)C)c1. The minimum Gasteiger partial charge on any atom is -0.330 e. The number of carbonyl (C=O) groups is 1. The third-order valence-electron chi connectivity index (χ3n) is 3.34. The molecule has 1 atom stereocenters. The van der Waals surface area contributed by atoms with Gasteiger partial charge in [0.2, 0.25) is 5.91 Å². The summed E-state index contributed by atoms with van der Waals surface area (Å²) in [5.74, 6) is -0.225. The van der Waals surface area contributed by atoms with Crippen molar-refractivity contribution in [3.63, 3.8) is 0 Å². The molecule has 1 amide bonds. The molecule has 20 heavy (non-hydrogen) atoms. The van der Waals surface area contributed by atoms with Crippen molar-refractivity contribution >= 4 is 22.6 Å². The van der Waals surface area contributed by atoms with Crippen LogP contribution >= 0.6 is 0 Å². The van der Waals surface area contributed by atoms with E-state index in [1.54, 1.807) is 12.4 Å². The quantitative estimate of drug-likeness (QED) is 0.873. The molecule has 2 heterocycles. The van der Waals surface area contributed by atoms with Gasteiger partial charge in [0, 0.05) is 18.0 Å². The van der Waals surface area contributed by atoms with E-state index in [4.69, 9.17) is 5.73 Å². The Bertz CT molecular complexity index is 601. The topological polar surface area (TPSA) is 85.8 Å². The molecular weight excluding hydrogens is 254 g/mol. The molecule has 2 aromatic heterocycles. The third kappa shape index (κ3) is 2.80. The zero-order valence-corrected chi connectivity index (χ0v) is 12.1. The maximum absolute atomic E-state index is 12.0. The van der Waals surface area contributed by atoms with Crippen LogP contribution in [0.25, 0.3) is 11.0 Å². The number of hydrogen-bond donors (Lipinski definition) is 2. The van der Waals surface area contributed by atoms with Crippen LogP contribution in [0.15, 0.2) is 18.5 Å². The molecule has 0 aliphatic carbocycles. The van der Waals surface area contributed by atoms with Gasteiger partial charge in [-0.1, -0.05) is 6.92 Å². The van der Waals surface area contributed by atoms with Crippen LogP contribution in [0, 0.1) is 5.92 Å². The number of rotatable bonds is 5. The number of hydrogen-bond acceptors (Lipinski definition) is 4. The van der Waals surface area contributed by atoms with Gasteiger partial charge in [-0.25, -0.2) is 9.67 Å². The number of amides is 1. The Labute approximate surface area is 118 Å². The van der Waals surface area contributed by atoms with Crippen LogP contribution in [-0.4, -0.2) is 27.2 Å². The molecule has 0 saturated carbocycles. The first kappa shape index (κ1) is 14.5. The number of aromatic nitrogens is 3. The average molecular weight is 275 g/mol. The maximum Gasteiger partial charge on any atom is 0.228 e. The molecule has 6 heteroatoms. The Kier molecular flexibility index (Phi) is 4.34. The van der Waals surface area contributed by atoms with E-state index in [9.17, 15) is 4.79 Å². The molecule has 2 rings (SSSR count). The second kappa shape index (κ2) is 6.00. The van der Waals surface area contributed by atoms with E-state index in [0.29, 0.717) is 12.2 Å². The van der Waals surface area contributed by atoms with Crippen LogP contribution in [0.1, 0.15) is 33.2 Å². The molecule has 0 radical (unpaired) electrons. The van der Waals surface area contributed by atoms with Crippen molar-refractivity contribution in [2.75, 3.05) is 11.9 Å². The zero-order valence-electron chi connectivity index (χ0n) is 12.1. The van der Waals surface area contributed by atoms with Crippen molar-refractivity contribution in [3.05, 3.63) is 18.5 Å². The van der Waals surface area contributed by atoms with Gasteiger partial charge in [0.25, 0.3) is 0 Å². The lowest BCUT2D eigenvalue weighted by atomic mass is 10.1. The smallest absolute Gasteiger partial charge is 0.228 e. The molecule has 1 unspecified atom stereocenters. The normalized spacial score (nSPS) is 12.8. The van der Waals surface area contributed by atoms with Crippen molar-refractivity contribution in [2.45, 2.75) is 33.2 Å². The Hall–Kier alpha value is -1.95. The molecule has 0 spiro atoms.